The number of aromatic carboxylic acids is 1. The molecule has 4 rings (SSSR count). The van der Waals surface area contributed by atoms with Gasteiger partial charge in [0.1, 0.15) is 5.69 Å². The summed E-state index contributed by atoms with van der Waals surface area (Å²) in [6.07, 6.45) is 7.90. The number of hydrogen-bond acceptors (Lipinski definition) is 6. The summed E-state index contributed by atoms with van der Waals surface area (Å²) < 4.78 is 26.9. The molecule has 0 radical (unpaired) electrons. The van der Waals surface area contributed by atoms with Crippen molar-refractivity contribution in [1.29, 1.82) is 0 Å². The number of aromatic nitrogens is 4. The highest BCUT2D eigenvalue weighted by Crippen LogP contribution is 2.29. The van der Waals surface area contributed by atoms with Gasteiger partial charge < -0.3 is 9.66 Å². The molecule has 0 spiro atoms. The molecule has 9 nitrogen and oxygen atoms in total. The van der Waals surface area contributed by atoms with Gasteiger partial charge in [0.25, 0.3) is 0 Å². The van der Waals surface area contributed by atoms with Crippen molar-refractivity contribution in [2.45, 2.75) is 38.1 Å². The zero-order valence-corrected chi connectivity index (χ0v) is 16.9. The number of carboxylic acid groups (broad SMARTS) is 1. The van der Waals surface area contributed by atoms with Crippen molar-refractivity contribution in [3.05, 3.63) is 54.4 Å². The van der Waals surface area contributed by atoms with Crippen LogP contribution < -0.4 is 4.31 Å². The highest BCUT2D eigenvalue weighted by molar-refractivity contribution is 7.80. The fraction of sp³-hybridized carbons (Fsp3) is 0.300. The van der Waals surface area contributed by atoms with E-state index in [0.29, 0.717) is 22.8 Å². The van der Waals surface area contributed by atoms with Crippen molar-refractivity contribution >= 4 is 22.9 Å². The summed E-state index contributed by atoms with van der Waals surface area (Å²) in [5.41, 5.74) is 2.14. The van der Waals surface area contributed by atoms with Crippen molar-refractivity contribution in [3.8, 4) is 17.1 Å². The van der Waals surface area contributed by atoms with Crippen molar-refractivity contribution in [1.82, 2.24) is 20.0 Å². The Bertz CT molecular complexity index is 1080. The number of rotatable bonds is 6. The summed E-state index contributed by atoms with van der Waals surface area (Å²) in [7, 11) is 0. The van der Waals surface area contributed by atoms with E-state index in [9.17, 15) is 13.6 Å². The van der Waals surface area contributed by atoms with Crippen LogP contribution in [0.1, 0.15) is 42.5 Å². The van der Waals surface area contributed by atoms with Crippen LogP contribution in [0.5, 0.6) is 0 Å². The van der Waals surface area contributed by atoms with Crippen LogP contribution >= 0.6 is 0 Å². The van der Waals surface area contributed by atoms with Gasteiger partial charge in [-0.1, -0.05) is 30.5 Å². The van der Waals surface area contributed by atoms with Crippen LogP contribution in [0, 0.1) is 0 Å². The molecule has 0 saturated heterocycles. The lowest BCUT2D eigenvalue weighted by Gasteiger charge is -2.36. The molecule has 2 aromatic heterocycles. The normalized spacial score (nSPS) is 15.6. The largest absolute Gasteiger partial charge is 0.755 e. The molecule has 0 amide bonds. The molecule has 2 heterocycles. The third-order valence-corrected chi connectivity index (χ3v) is 6.01. The van der Waals surface area contributed by atoms with Crippen LogP contribution in [-0.4, -0.2) is 45.9 Å². The third-order valence-electron chi connectivity index (χ3n) is 5.18. The maximum absolute atomic E-state index is 12.0. The summed E-state index contributed by atoms with van der Waals surface area (Å²) in [5, 5.41) is 17.3. The van der Waals surface area contributed by atoms with Gasteiger partial charge in [-0.25, -0.2) is 9.48 Å². The zero-order valence-electron chi connectivity index (χ0n) is 16.0. The van der Waals surface area contributed by atoms with Gasteiger partial charge in [0.05, 0.1) is 28.8 Å². The molecule has 10 heteroatoms. The first-order chi connectivity index (χ1) is 14.5. The number of benzene rings is 1. The summed E-state index contributed by atoms with van der Waals surface area (Å²) >= 11 is -2.38. The van der Waals surface area contributed by atoms with E-state index < -0.39 is 17.2 Å². The van der Waals surface area contributed by atoms with E-state index in [2.05, 4.69) is 15.3 Å². The number of hydrogen-bond donors (Lipinski definition) is 1. The molecule has 3 aromatic rings. The molecule has 1 aliphatic rings. The standard InChI is InChI=1S/C20H21N5O4S/c26-20(27)14-9-10-21-18(11-14)19-13-24(23-22-19)16-7-4-8-17(12-16)25(30(28)29)15-5-2-1-3-6-15/h4,7-13,15H,1-3,5-6H2,(H,26,27)(H,28,29)/p-1. The highest BCUT2D eigenvalue weighted by Gasteiger charge is 2.23. The van der Waals surface area contributed by atoms with Gasteiger partial charge in [0, 0.05) is 23.5 Å². The van der Waals surface area contributed by atoms with E-state index >= 15 is 0 Å². The number of anilines is 1. The van der Waals surface area contributed by atoms with Crippen LogP contribution in [0.15, 0.2) is 48.8 Å². The molecule has 0 aliphatic heterocycles. The van der Waals surface area contributed by atoms with E-state index in [0.717, 1.165) is 32.1 Å². The Hall–Kier alpha value is -3.11. The average molecular weight is 426 g/mol. The average Bonchev–Trinajstić information content (AvgIpc) is 3.25. The van der Waals surface area contributed by atoms with Crippen LogP contribution in [0.4, 0.5) is 5.69 Å². The quantitative estimate of drug-likeness (QED) is 0.601. The van der Waals surface area contributed by atoms with Crippen LogP contribution in [0.3, 0.4) is 0 Å². The van der Waals surface area contributed by atoms with Crippen molar-refractivity contribution in [2.75, 3.05) is 4.31 Å². The SMILES string of the molecule is O=C(O)c1ccnc(-c2cn(-c3cccc(N(C4CCCCC4)S(=O)[O-])c3)nn2)c1. The maximum atomic E-state index is 12.0. The molecule has 1 N–H and O–H groups in total. The minimum Gasteiger partial charge on any atom is -0.755 e. The third kappa shape index (κ3) is 4.24. The Balaban J connectivity index is 1.64. The van der Waals surface area contributed by atoms with Gasteiger partial charge in [0.15, 0.2) is 0 Å². The molecule has 1 saturated carbocycles. The topological polar surface area (TPSA) is 124 Å². The summed E-state index contributed by atoms with van der Waals surface area (Å²) in [4.78, 5) is 15.3. The van der Waals surface area contributed by atoms with Crippen molar-refractivity contribution in [3.63, 3.8) is 0 Å². The van der Waals surface area contributed by atoms with Crippen LogP contribution in [0.2, 0.25) is 0 Å². The number of carboxylic acids is 1. The fourth-order valence-electron chi connectivity index (χ4n) is 3.72. The van der Waals surface area contributed by atoms with E-state index in [1.54, 1.807) is 30.5 Å². The molecule has 1 unspecified atom stereocenters. The molecule has 30 heavy (non-hydrogen) atoms. The highest BCUT2D eigenvalue weighted by atomic mass is 32.2. The van der Waals surface area contributed by atoms with Gasteiger partial charge in [-0.05, 0) is 43.2 Å². The van der Waals surface area contributed by atoms with Gasteiger partial charge in [-0.15, -0.1) is 5.10 Å². The van der Waals surface area contributed by atoms with E-state index in [1.807, 2.05) is 0 Å². The molecular weight excluding hydrogens is 406 g/mol. The number of nitrogens with zero attached hydrogens (tertiary/aromatic N) is 5. The molecule has 1 aromatic carbocycles. The zero-order chi connectivity index (χ0) is 21.1. The lowest BCUT2D eigenvalue weighted by atomic mass is 9.95. The molecule has 1 aliphatic carbocycles. The Labute approximate surface area is 175 Å². The maximum Gasteiger partial charge on any atom is 0.335 e. The van der Waals surface area contributed by atoms with E-state index in [4.69, 9.17) is 5.11 Å². The second-order valence-corrected chi connectivity index (χ2v) is 7.97. The summed E-state index contributed by atoms with van der Waals surface area (Å²) in [6.45, 7) is 0. The van der Waals surface area contributed by atoms with Gasteiger partial charge in [-0.2, -0.15) is 0 Å². The van der Waals surface area contributed by atoms with Crippen LogP contribution in [-0.2, 0) is 11.3 Å². The number of carbonyl (C=O) groups is 1. The van der Waals surface area contributed by atoms with E-state index in [1.165, 1.54) is 27.3 Å². The van der Waals surface area contributed by atoms with Crippen LogP contribution in [0.25, 0.3) is 17.1 Å². The first kappa shape index (κ1) is 20.2. The Morgan fingerprint density at radius 3 is 2.70 bits per heavy atom. The smallest absolute Gasteiger partial charge is 0.335 e. The monoisotopic (exact) mass is 426 g/mol. The molecule has 0 bridgehead atoms. The first-order valence-electron chi connectivity index (χ1n) is 9.64. The minimum atomic E-state index is -2.38. The van der Waals surface area contributed by atoms with E-state index in [-0.39, 0.29) is 11.6 Å². The van der Waals surface area contributed by atoms with Gasteiger partial charge in [0.2, 0.25) is 0 Å². The second-order valence-electron chi connectivity index (χ2n) is 7.14. The van der Waals surface area contributed by atoms with Gasteiger partial charge >= 0.3 is 5.97 Å². The molecule has 156 valence electrons. The Morgan fingerprint density at radius 2 is 1.97 bits per heavy atom. The Kier molecular flexibility index (Phi) is 5.86. The minimum absolute atomic E-state index is 0.0402. The first-order valence-corrected chi connectivity index (χ1v) is 10.7. The van der Waals surface area contributed by atoms with Crippen molar-refractivity contribution < 1.29 is 18.7 Å². The molecular formula is C20H20N5O4S-. The summed E-state index contributed by atoms with van der Waals surface area (Å²) in [5.74, 6) is -1.05. The van der Waals surface area contributed by atoms with Gasteiger partial charge in [-0.3, -0.25) is 13.5 Å². The summed E-state index contributed by atoms with van der Waals surface area (Å²) in [6, 6.07) is 9.89. The lowest BCUT2D eigenvalue weighted by Crippen LogP contribution is -2.38. The fourth-order valence-corrected chi connectivity index (χ4v) is 4.46. The Morgan fingerprint density at radius 1 is 1.17 bits per heavy atom. The lowest BCUT2D eigenvalue weighted by molar-refractivity contribution is 0.0696. The van der Waals surface area contributed by atoms with Crippen molar-refractivity contribution in [2.24, 2.45) is 0 Å². The predicted octanol–water partition coefficient (Wildman–Crippen LogP) is 2.96. The molecule has 1 fully saturated rings. The predicted molar refractivity (Wildman–Crippen MR) is 110 cm³/mol. The molecule has 1 atom stereocenters. The number of pyridine rings is 1. The second kappa shape index (κ2) is 8.72.